The molecule has 0 radical (unpaired) electrons. The number of rotatable bonds is 5. The van der Waals surface area contributed by atoms with Crippen molar-refractivity contribution in [3.63, 3.8) is 0 Å². The summed E-state index contributed by atoms with van der Waals surface area (Å²) in [5.41, 5.74) is 2.18. The molecule has 0 amide bonds. The van der Waals surface area contributed by atoms with Crippen LogP contribution in [0.25, 0.3) is 11.0 Å². The summed E-state index contributed by atoms with van der Waals surface area (Å²) in [4.78, 5) is 30.6. The van der Waals surface area contributed by atoms with Gasteiger partial charge in [0.2, 0.25) is 6.29 Å². The molecule has 0 aliphatic heterocycles. The van der Waals surface area contributed by atoms with Crippen LogP contribution in [0.3, 0.4) is 0 Å². The lowest BCUT2D eigenvalue weighted by atomic mass is 10.2. The van der Waals surface area contributed by atoms with E-state index in [1.165, 1.54) is 0 Å². The highest BCUT2D eigenvalue weighted by Crippen LogP contribution is 2.29. The van der Waals surface area contributed by atoms with Gasteiger partial charge in [0.05, 0.1) is 10.9 Å². The highest BCUT2D eigenvalue weighted by Gasteiger charge is 2.18. The summed E-state index contributed by atoms with van der Waals surface area (Å²) in [7, 11) is 0. The molecule has 24 heavy (non-hydrogen) atoms. The number of aromatic amines is 1. The second-order valence-electron chi connectivity index (χ2n) is 5.27. The second-order valence-corrected chi connectivity index (χ2v) is 5.27. The highest BCUT2D eigenvalue weighted by atomic mass is 16.7. The number of hydrogen-bond donors (Lipinski definition) is 1. The van der Waals surface area contributed by atoms with Gasteiger partial charge in [-0.25, -0.2) is 9.78 Å². The molecular weight excluding hydrogens is 308 g/mol. The second kappa shape index (κ2) is 6.54. The largest absolute Gasteiger partial charge is 0.454 e. The lowest BCUT2D eigenvalue weighted by Crippen LogP contribution is -2.21. The number of esters is 1. The Kier molecular flexibility index (Phi) is 4.29. The van der Waals surface area contributed by atoms with Crippen LogP contribution in [-0.4, -0.2) is 28.5 Å². The molecule has 3 rings (SSSR count). The molecule has 0 bridgehead atoms. The molecule has 6 nitrogen and oxygen atoms in total. The average molecular weight is 324 g/mol. The number of ether oxygens (including phenoxy) is 2. The number of benzene rings is 1. The van der Waals surface area contributed by atoms with Gasteiger partial charge < -0.3 is 14.5 Å². The minimum absolute atomic E-state index is 0.430. The molecule has 0 fully saturated rings. The average Bonchev–Trinajstić information content (AvgIpc) is 2.91. The van der Waals surface area contributed by atoms with E-state index >= 15 is 0 Å². The maximum atomic E-state index is 12.1. The van der Waals surface area contributed by atoms with Gasteiger partial charge in [0.15, 0.2) is 6.29 Å². The van der Waals surface area contributed by atoms with Crippen LogP contribution in [0.1, 0.15) is 33.3 Å². The first-order valence-electron chi connectivity index (χ1n) is 7.45. The minimum atomic E-state index is -0.821. The summed E-state index contributed by atoms with van der Waals surface area (Å²) in [6.07, 6.45) is 1.50. The van der Waals surface area contributed by atoms with Crippen LogP contribution in [0.15, 0.2) is 42.6 Å². The van der Waals surface area contributed by atoms with E-state index in [9.17, 15) is 9.59 Å². The van der Waals surface area contributed by atoms with E-state index in [0.717, 1.165) is 6.29 Å². The smallest absolute Gasteiger partial charge is 0.341 e. The number of fused-ring (bicyclic) bond motifs is 1. The Labute approximate surface area is 138 Å². The van der Waals surface area contributed by atoms with E-state index in [4.69, 9.17) is 9.47 Å². The van der Waals surface area contributed by atoms with Gasteiger partial charge in [0.25, 0.3) is 0 Å². The van der Waals surface area contributed by atoms with Gasteiger partial charge in [0, 0.05) is 24.4 Å². The van der Waals surface area contributed by atoms with Gasteiger partial charge in [-0.1, -0.05) is 18.2 Å². The first kappa shape index (κ1) is 15.7. The Morgan fingerprint density at radius 1 is 1.25 bits per heavy atom. The lowest BCUT2D eigenvalue weighted by molar-refractivity contribution is -0.0365. The molecule has 2 aromatic heterocycles. The van der Waals surface area contributed by atoms with Gasteiger partial charge in [-0.15, -0.1) is 0 Å². The SMILES string of the molecule is Cc1[nH]c2nccc(OC(C)OC(=O)c3ccccc3)c2c1C=O. The summed E-state index contributed by atoms with van der Waals surface area (Å²) in [5.74, 6) is -0.0472. The predicted octanol–water partition coefficient (Wildman–Crippen LogP) is 3.27. The molecule has 1 unspecified atom stereocenters. The summed E-state index contributed by atoms with van der Waals surface area (Å²) >= 11 is 0. The van der Waals surface area contributed by atoms with Crippen molar-refractivity contribution in [2.45, 2.75) is 20.1 Å². The van der Waals surface area contributed by atoms with E-state index in [2.05, 4.69) is 9.97 Å². The fourth-order valence-corrected chi connectivity index (χ4v) is 2.47. The maximum Gasteiger partial charge on any atom is 0.341 e. The van der Waals surface area contributed by atoms with Gasteiger partial charge >= 0.3 is 5.97 Å². The monoisotopic (exact) mass is 324 g/mol. The lowest BCUT2D eigenvalue weighted by Gasteiger charge is -2.16. The predicted molar refractivity (Wildman–Crippen MR) is 88.2 cm³/mol. The van der Waals surface area contributed by atoms with Crippen LogP contribution in [0.5, 0.6) is 5.75 Å². The van der Waals surface area contributed by atoms with Crippen molar-refractivity contribution in [3.8, 4) is 5.75 Å². The quantitative estimate of drug-likeness (QED) is 0.442. The van der Waals surface area contributed by atoms with Crippen LogP contribution < -0.4 is 4.74 Å². The van der Waals surface area contributed by atoms with Crippen LogP contribution in [0.2, 0.25) is 0 Å². The van der Waals surface area contributed by atoms with Crippen molar-refractivity contribution in [3.05, 3.63) is 59.4 Å². The van der Waals surface area contributed by atoms with Crippen molar-refractivity contribution in [1.82, 2.24) is 9.97 Å². The zero-order valence-electron chi connectivity index (χ0n) is 13.3. The van der Waals surface area contributed by atoms with Crippen molar-refractivity contribution >= 4 is 23.3 Å². The summed E-state index contributed by atoms with van der Waals surface area (Å²) in [6, 6.07) is 10.3. The zero-order chi connectivity index (χ0) is 17.1. The Hall–Kier alpha value is -3.15. The van der Waals surface area contributed by atoms with E-state index in [1.807, 2.05) is 6.07 Å². The number of pyridine rings is 1. The summed E-state index contributed by atoms with van der Waals surface area (Å²) in [6.45, 7) is 3.40. The third-order valence-corrected chi connectivity index (χ3v) is 3.59. The number of nitrogens with one attached hydrogen (secondary N) is 1. The Morgan fingerprint density at radius 2 is 2.00 bits per heavy atom. The first-order chi connectivity index (χ1) is 11.6. The van der Waals surface area contributed by atoms with Gasteiger partial charge in [-0.05, 0) is 25.1 Å². The molecule has 0 aliphatic rings. The van der Waals surface area contributed by atoms with Crippen molar-refractivity contribution in [2.24, 2.45) is 0 Å². The van der Waals surface area contributed by atoms with Crippen molar-refractivity contribution in [2.75, 3.05) is 0 Å². The third-order valence-electron chi connectivity index (χ3n) is 3.59. The normalized spacial score (nSPS) is 11.9. The van der Waals surface area contributed by atoms with E-state index in [-0.39, 0.29) is 0 Å². The van der Waals surface area contributed by atoms with Gasteiger partial charge in [-0.2, -0.15) is 0 Å². The van der Waals surface area contributed by atoms with Crippen molar-refractivity contribution < 1.29 is 19.1 Å². The minimum Gasteiger partial charge on any atom is -0.454 e. The molecule has 1 atom stereocenters. The van der Waals surface area contributed by atoms with Gasteiger partial charge in [0.1, 0.15) is 11.4 Å². The number of aldehydes is 1. The Balaban J connectivity index is 1.82. The molecular formula is C18H16N2O4. The summed E-state index contributed by atoms with van der Waals surface area (Å²) in [5, 5.41) is 0.576. The number of aromatic nitrogens is 2. The molecule has 0 saturated heterocycles. The summed E-state index contributed by atoms with van der Waals surface area (Å²) < 4.78 is 11.0. The molecule has 0 aliphatic carbocycles. The molecule has 0 spiro atoms. The number of carbonyl (C=O) groups excluding carboxylic acids is 2. The number of nitrogens with zero attached hydrogens (tertiary/aromatic N) is 1. The number of hydrogen-bond acceptors (Lipinski definition) is 5. The number of aryl methyl sites for hydroxylation is 1. The number of carbonyl (C=O) groups is 2. The fraction of sp³-hybridized carbons (Fsp3) is 0.167. The fourth-order valence-electron chi connectivity index (χ4n) is 2.47. The van der Waals surface area contributed by atoms with Gasteiger partial charge in [-0.3, -0.25) is 4.79 Å². The number of H-pyrrole nitrogens is 1. The van der Waals surface area contributed by atoms with Crippen LogP contribution in [0.4, 0.5) is 0 Å². The third kappa shape index (κ3) is 2.99. The standard InChI is InChI=1S/C18H16N2O4/c1-11-14(10-21)16-15(8-9-19-17(16)20-11)23-12(2)24-18(22)13-6-4-3-5-7-13/h3-10,12H,1-2H3,(H,19,20). The van der Waals surface area contributed by atoms with E-state index in [1.54, 1.807) is 50.4 Å². The van der Waals surface area contributed by atoms with Crippen molar-refractivity contribution in [1.29, 1.82) is 0 Å². The molecule has 3 aromatic rings. The van der Waals surface area contributed by atoms with Crippen LogP contribution in [-0.2, 0) is 4.74 Å². The molecule has 0 saturated carbocycles. The Morgan fingerprint density at radius 3 is 2.71 bits per heavy atom. The molecule has 1 N–H and O–H groups in total. The topological polar surface area (TPSA) is 81.3 Å². The first-order valence-corrected chi connectivity index (χ1v) is 7.45. The zero-order valence-corrected chi connectivity index (χ0v) is 13.3. The van der Waals surface area contributed by atoms with Crippen LogP contribution >= 0.6 is 0 Å². The molecule has 6 heteroatoms. The Bertz CT molecular complexity index is 887. The molecule has 122 valence electrons. The van der Waals surface area contributed by atoms with Crippen LogP contribution in [0, 0.1) is 6.92 Å². The molecule has 2 heterocycles. The van der Waals surface area contributed by atoms with E-state index in [0.29, 0.717) is 33.6 Å². The molecule has 1 aromatic carbocycles. The maximum absolute atomic E-state index is 12.1. The van der Waals surface area contributed by atoms with E-state index < -0.39 is 12.3 Å². The highest BCUT2D eigenvalue weighted by molar-refractivity contribution is 6.00.